The number of H-pyrrole nitrogens is 1. The minimum atomic E-state index is -0.384. The molecule has 1 fully saturated rings. The summed E-state index contributed by atoms with van der Waals surface area (Å²) < 4.78 is 13.3. The number of hydrogen-bond donors (Lipinski definition) is 1. The molecule has 1 amide bonds. The van der Waals surface area contributed by atoms with Crippen molar-refractivity contribution in [3.63, 3.8) is 0 Å². The van der Waals surface area contributed by atoms with Gasteiger partial charge in [0.15, 0.2) is 0 Å². The molecule has 5 rings (SSSR count). The molecule has 4 atom stereocenters. The van der Waals surface area contributed by atoms with Crippen LogP contribution in [-0.4, -0.2) is 58.6 Å². The Bertz CT molecular complexity index is 925. The smallest absolute Gasteiger partial charge is 0.231 e. The molecule has 0 bridgehead atoms. The van der Waals surface area contributed by atoms with Crippen LogP contribution in [0.15, 0.2) is 30.5 Å². The molecular formula is C22H26FN3O. The summed E-state index contributed by atoms with van der Waals surface area (Å²) in [6, 6.07) is 7.08. The normalized spacial score (nSPS) is 30.0. The Morgan fingerprint density at radius 3 is 2.85 bits per heavy atom. The van der Waals surface area contributed by atoms with Gasteiger partial charge >= 0.3 is 0 Å². The van der Waals surface area contributed by atoms with Gasteiger partial charge < -0.3 is 9.88 Å². The topological polar surface area (TPSA) is 39.3 Å². The van der Waals surface area contributed by atoms with E-state index in [1.54, 1.807) is 0 Å². The van der Waals surface area contributed by atoms with E-state index in [1.165, 1.54) is 22.1 Å². The van der Waals surface area contributed by atoms with Gasteiger partial charge in [0, 0.05) is 48.3 Å². The fourth-order valence-corrected chi connectivity index (χ4v) is 5.48. The highest BCUT2D eigenvalue weighted by atomic mass is 19.1. The number of alkyl halides is 1. The van der Waals surface area contributed by atoms with E-state index in [4.69, 9.17) is 0 Å². The van der Waals surface area contributed by atoms with Crippen LogP contribution in [-0.2, 0) is 11.2 Å². The van der Waals surface area contributed by atoms with Crippen LogP contribution in [0.1, 0.15) is 31.4 Å². The number of carbonyl (C=O) groups excluding carboxylic acids is 1. The van der Waals surface area contributed by atoms with Gasteiger partial charge in [0.25, 0.3) is 0 Å². The van der Waals surface area contributed by atoms with Gasteiger partial charge in [0.05, 0.1) is 5.92 Å². The maximum absolute atomic E-state index is 13.3. The van der Waals surface area contributed by atoms with Crippen LogP contribution in [0.2, 0.25) is 0 Å². The fraction of sp³-hybridized carbons (Fsp3) is 0.500. The Morgan fingerprint density at radius 1 is 1.30 bits per heavy atom. The molecule has 3 aliphatic rings. The highest BCUT2D eigenvalue weighted by Crippen LogP contribution is 2.42. The summed E-state index contributed by atoms with van der Waals surface area (Å²) in [7, 11) is 0. The van der Waals surface area contributed by atoms with Gasteiger partial charge in [-0.05, 0) is 49.5 Å². The number of likely N-dealkylation sites (tertiary alicyclic amines) is 1. The molecule has 27 heavy (non-hydrogen) atoms. The Kier molecular flexibility index (Phi) is 3.90. The molecule has 1 aliphatic carbocycles. The molecule has 1 aromatic carbocycles. The van der Waals surface area contributed by atoms with E-state index in [2.05, 4.69) is 54.2 Å². The molecule has 0 saturated carbocycles. The molecular weight excluding hydrogens is 341 g/mol. The molecule has 2 aromatic rings. The van der Waals surface area contributed by atoms with Gasteiger partial charge in [0.1, 0.15) is 6.67 Å². The van der Waals surface area contributed by atoms with E-state index in [0.29, 0.717) is 25.2 Å². The number of amides is 1. The van der Waals surface area contributed by atoms with Gasteiger partial charge in [-0.2, -0.15) is 0 Å². The molecule has 142 valence electrons. The van der Waals surface area contributed by atoms with Crippen LogP contribution in [0.4, 0.5) is 4.39 Å². The Balaban J connectivity index is 1.58. The van der Waals surface area contributed by atoms with Crippen molar-refractivity contribution in [3.8, 4) is 0 Å². The largest absolute Gasteiger partial charge is 0.361 e. The number of carbonyl (C=O) groups is 1. The predicted molar refractivity (Wildman–Crippen MR) is 105 cm³/mol. The number of nitrogens with zero attached hydrogens (tertiary/aromatic N) is 2. The van der Waals surface area contributed by atoms with Crippen LogP contribution in [0, 0.1) is 5.92 Å². The lowest BCUT2D eigenvalue weighted by Crippen LogP contribution is -2.59. The van der Waals surface area contributed by atoms with E-state index in [0.717, 1.165) is 18.4 Å². The van der Waals surface area contributed by atoms with E-state index in [1.807, 2.05) is 4.90 Å². The second kappa shape index (κ2) is 6.20. The average Bonchev–Trinajstić information content (AvgIpc) is 3.06. The second-order valence-corrected chi connectivity index (χ2v) is 8.35. The van der Waals surface area contributed by atoms with Crippen LogP contribution in [0.3, 0.4) is 0 Å². The van der Waals surface area contributed by atoms with Crippen molar-refractivity contribution in [1.29, 1.82) is 0 Å². The summed E-state index contributed by atoms with van der Waals surface area (Å²) in [5.74, 6) is 0.00634. The first-order valence-electron chi connectivity index (χ1n) is 10.0. The molecule has 3 heterocycles. The number of benzene rings is 1. The third-order valence-electron chi connectivity index (χ3n) is 6.70. The summed E-state index contributed by atoms with van der Waals surface area (Å²) in [5.41, 5.74) is 4.83. The lowest BCUT2D eigenvalue weighted by molar-refractivity contribution is -0.146. The zero-order chi connectivity index (χ0) is 18.7. The molecule has 1 N–H and O–H groups in total. The van der Waals surface area contributed by atoms with Crippen molar-refractivity contribution in [2.24, 2.45) is 5.92 Å². The van der Waals surface area contributed by atoms with E-state index in [9.17, 15) is 9.18 Å². The standard InChI is InChI=1S/C22H26FN3O/c1-13-8-14(2)26(13)22(27)16-9-18-17-4-3-5-19-21(17)15(11-24-19)10-20(18)25(12-16)7-6-23/h3-5,9,11,13-14,16,20,24H,6-8,10,12H2,1-2H3/t13?,14?,16-,20-/m1/s1. The number of hydrogen-bond acceptors (Lipinski definition) is 2. The van der Waals surface area contributed by atoms with Crippen LogP contribution >= 0.6 is 0 Å². The number of rotatable bonds is 3. The summed E-state index contributed by atoms with van der Waals surface area (Å²) in [4.78, 5) is 20.8. The molecule has 1 aromatic heterocycles. The van der Waals surface area contributed by atoms with Gasteiger partial charge in [-0.25, -0.2) is 4.39 Å². The van der Waals surface area contributed by atoms with Gasteiger partial charge in [-0.1, -0.05) is 18.2 Å². The van der Waals surface area contributed by atoms with Crippen molar-refractivity contribution in [3.05, 3.63) is 41.6 Å². The zero-order valence-corrected chi connectivity index (χ0v) is 15.9. The number of halogens is 1. The highest BCUT2D eigenvalue weighted by molar-refractivity contribution is 5.99. The molecule has 2 unspecified atom stereocenters. The van der Waals surface area contributed by atoms with E-state index >= 15 is 0 Å². The van der Waals surface area contributed by atoms with Crippen LogP contribution in [0.5, 0.6) is 0 Å². The number of aromatic amines is 1. The maximum Gasteiger partial charge on any atom is 0.231 e. The first-order valence-corrected chi connectivity index (χ1v) is 10.0. The minimum Gasteiger partial charge on any atom is -0.361 e. The monoisotopic (exact) mass is 367 g/mol. The van der Waals surface area contributed by atoms with Crippen molar-refractivity contribution in [1.82, 2.24) is 14.8 Å². The van der Waals surface area contributed by atoms with Gasteiger partial charge in [-0.15, -0.1) is 0 Å². The first-order chi connectivity index (χ1) is 13.1. The van der Waals surface area contributed by atoms with Crippen LogP contribution in [0.25, 0.3) is 16.5 Å². The first kappa shape index (κ1) is 17.0. The minimum absolute atomic E-state index is 0.157. The maximum atomic E-state index is 13.3. The van der Waals surface area contributed by atoms with Crippen molar-refractivity contribution in [2.45, 2.75) is 44.8 Å². The summed E-state index contributed by atoms with van der Waals surface area (Å²) in [5, 5.41) is 1.26. The third kappa shape index (κ3) is 2.48. The third-order valence-corrected chi connectivity index (χ3v) is 6.70. The summed E-state index contributed by atoms with van der Waals surface area (Å²) in [6.45, 7) is 4.84. The Morgan fingerprint density at radius 2 is 2.11 bits per heavy atom. The number of nitrogens with one attached hydrogen (secondary N) is 1. The van der Waals surface area contributed by atoms with E-state index < -0.39 is 0 Å². The lowest BCUT2D eigenvalue weighted by atomic mass is 9.79. The highest BCUT2D eigenvalue weighted by Gasteiger charge is 2.42. The SMILES string of the molecule is CC1CC(C)N1C(=O)[C@@H]1C=C2c3cccc4[nH]cc(c34)C[C@H]2N(CCF)C1. The molecule has 2 aliphatic heterocycles. The van der Waals surface area contributed by atoms with Gasteiger partial charge in [0.2, 0.25) is 5.91 Å². The average molecular weight is 367 g/mol. The van der Waals surface area contributed by atoms with Crippen LogP contribution < -0.4 is 0 Å². The Labute approximate surface area is 159 Å². The van der Waals surface area contributed by atoms with Crippen molar-refractivity contribution >= 4 is 22.4 Å². The zero-order valence-electron chi connectivity index (χ0n) is 15.9. The van der Waals surface area contributed by atoms with Crippen molar-refractivity contribution in [2.75, 3.05) is 19.8 Å². The number of fused-ring (bicyclic) bond motifs is 2. The fourth-order valence-electron chi connectivity index (χ4n) is 5.48. The lowest BCUT2D eigenvalue weighted by Gasteiger charge is -2.48. The summed E-state index contributed by atoms with van der Waals surface area (Å²) >= 11 is 0. The molecule has 1 saturated heterocycles. The summed E-state index contributed by atoms with van der Waals surface area (Å²) in [6.07, 6.45) is 6.21. The van der Waals surface area contributed by atoms with Crippen molar-refractivity contribution < 1.29 is 9.18 Å². The van der Waals surface area contributed by atoms with E-state index in [-0.39, 0.29) is 24.5 Å². The number of aromatic nitrogens is 1. The molecule has 5 heteroatoms. The predicted octanol–water partition coefficient (Wildman–Crippen LogP) is 3.39. The van der Waals surface area contributed by atoms with Gasteiger partial charge in [-0.3, -0.25) is 9.69 Å². The quantitative estimate of drug-likeness (QED) is 0.903. The molecule has 4 nitrogen and oxygen atoms in total. The molecule has 0 spiro atoms. The second-order valence-electron chi connectivity index (χ2n) is 8.35. The Hall–Kier alpha value is -2.14. The molecule has 0 radical (unpaired) electrons.